The van der Waals surface area contributed by atoms with Gasteiger partial charge in [-0.2, -0.15) is 13.2 Å². The van der Waals surface area contributed by atoms with Crippen molar-refractivity contribution < 1.29 is 13.2 Å². The molecule has 0 amide bonds. The molecule has 5 rings (SSSR count). The molecule has 0 radical (unpaired) electrons. The summed E-state index contributed by atoms with van der Waals surface area (Å²) in [7, 11) is 0. The Labute approximate surface area is 187 Å². The zero-order valence-corrected chi connectivity index (χ0v) is 17.7. The molecule has 0 saturated heterocycles. The summed E-state index contributed by atoms with van der Waals surface area (Å²) in [4.78, 5) is 10.6. The van der Waals surface area contributed by atoms with Gasteiger partial charge in [-0.25, -0.2) is 9.97 Å². The van der Waals surface area contributed by atoms with Gasteiger partial charge in [0.05, 0.1) is 6.54 Å². The molecule has 0 bridgehead atoms. The summed E-state index contributed by atoms with van der Waals surface area (Å²) in [5.74, 6) is 0.483. The molecule has 1 aliphatic rings. The lowest BCUT2D eigenvalue weighted by Gasteiger charge is -2.35. The second-order valence-corrected chi connectivity index (χ2v) is 8.00. The average Bonchev–Trinajstić information content (AvgIpc) is 3.21. The highest BCUT2D eigenvalue weighted by Crippen LogP contribution is 2.32. The lowest BCUT2D eigenvalue weighted by atomic mass is 10.1. The number of pyridine rings is 2. The highest BCUT2D eigenvalue weighted by molar-refractivity contribution is 5.99. The van der Waals surface area contributed by atoms with Crippen LogP contribution in [0.2, 0.25) is 0 Å². The number of nitrogens with two attached hydrogens (primary N) is 1. The normalized spacial score (nSPS) is 16.1. The van der Waals surface area contributed by atoms with Crippen molar-refractivity contribution in [2.75, 3.05) is 16.0 Å². The molecule has 0 fully saturated rings. The minimum atomic E-state index is -4.52. The monoisotopic (exact) mass is 454 g/mol. The Morgan fingerprint density at radius 1 is 1.09 bits per heavy atom. The molecule has 4 aromatic rings. The quantitative estimate of drug-likeness (QED) is 0.483. The van der Waals surface area contributed by atoms with E-state index in [4.69, 9.17) is 5.73 Å². The SMILES string of the molecule is CC1Cn2c(nnc2C(F)(F)F)CN1c1ccc(CNc2cccc3c(N)nccc23)cn1. The number of nitrogen functional groups attached to an aromatic ring is 1. The second-order valence-electron chi connectivity index (χ2n) is 8.00. The van der Waals surface area contributed by atoms with Crippen molar-refractivity contribution >= 4 is 28.1 Å². The van der Waals surface area contributed by atoms with Gasteiger partial charge in [-0.3, -0.25) is 0 Å². The predicted molar refractivity (Wildman–Crippen MR) is 118 cm³/mol. The number of aromatic nitrogens is 5. The molecule has 3 aromatic heterocycles. The van der Waals surface area contributed by atoms with Crippen LogP contribution in [0.4, 0.5) is 30.5 Å². The van der Waals surface area contributed by atoms with Gasteiger partial charge < -0.3 is 20.5 Å². The maximum Gasteiger partial charge on any atom is 0.451 e. The van der Waals surface area contributed by atoms with E-state index in [1.165, 1.54) is 0 Å². The lowest BCUT2D eigenvalue weighted by molar-refractivity contribution is -0.147. The number of alkyl halides is 3. The number of hydrogen-bond acceptors (Lipinski definition) is 7. The van der Waals surface area contributed by atoms with E-state index in [-0.39, 0.29) is 25.0 Å². The van der Waals surface area contributed by atoms with E-state index in [1.54, 1.807) is 12.4 Å². The van der Waals surface area contributed by atoms with Gasteiger partial charge in [0, 0.05) is 48.0 Å². The first-order valence-electron chi connectivity index (χ1n) is 10.4. The molecular formula is C22H21F3N8. The molecule has 11 heteroatoms. The zero-order valence-electron chi connectivity index (χ0n) is 17.7. The van der Waals surface area contributed by atoms with Crippen LogP contribution >= 0.6 is 0 Å². The minimum Gasteiger partial charge on any atom is -0.383 e. The Morgan fingerprint density at radius 3 is 2.70 bits per heavy atom. The summed E-state index contributed by atoms with van der Waals surface area (Å²) in [5, 5.41) is 12.4. The van der Waals surface area contributed by atoms with Crippen LogP contribution in [-0.2, 0) is 25.8 Å². The fourth-order valence-electron chi connectivity index (χ4n) is 4.10. The van der Waals surface area contributed by atoms with E-state index in [2.05, 4.69) is 25.5 Å². The topological polar surface area (TPSA) is 97.8 Å². The van der Waals surface area contributed by atoms with Crippen molar-refractivity contribution in [2.45, 2.75) is 38.8 Å². The number of hydrogen-bond donors (Lipinski definition) is 2. The first kappa shape index (κ1) is 21.0. The van der Waals surface area contributed by atoms with Crippen molar-refractivity contribution in [2.24, 2.45) is 0 Å². The zero-order chi connectivity index (χ0) is 23.2. The van der Waals surface area contributed by atoms with Crippen molar-refractivity contribution in [1.82, 2.24) is 24.7 Å². The highest BCUT2D eigenvalue weighted by Gasteiger charge is 2.40. The van der Waals surface area contributed by atoms with Crippen molar-refractivity contribution in [3.05, 3.63) is 66.0 Å². The minimum absolute atomic E-state index is 0.140. The first-order valence-corrected chi connectivity index (χ1v) is 10.4. The number of halogens is 3. The number of benzene rings is 1. The van der Waals surface area contributed by atoms with Crippen LogP contribution in [0.15, 0.2) is 48.8 Å². The Balaban J connectivity index is 1.30. The average molecular weight is 454 g/mol. The lowest BCUT2D eigenvalue weighted by Crippen LogP contribution is -2.42. The molecule has 4 heterocycles. The van der Waals surface area contributed by atoms with E-state index < -0.39 is 12.0 Å². The number of anilines is 3. The summed E-state index contributed by atoms with van der Waals surface area (Å²) >= 11 is 0. The van der Waals surface area contributed by atoms with Gasteiger partial charge in [-0.05, 0) is 30.7 Å². The second kappa shape index (κ2) is 7.91. The van der Waals surface area contributed by atoms with Gasteiger partial charge >= 0.3 is 6.18 Å². The summed E-state index contributed by atoms with van der Waals surface area (Å²) in [6.45, 7) is 2.76. The Bertz CT molecular complexity index is 1300. The summed E-state index contributed by atoms with van der Waals surface area (Å²) in [6, 6.07) is 11.4. The maximum atomic E-state index is 13.1. The van der Waals surface area contributed by atoms with Gasteiger partial charge in [0.25, 0.3) is 0 Å². The van der Waals surface area contributed by atoms with Crippen molar-refractivity contribution in [3.8, 4) is 0 Å². The summed E-state index contributed by atoms with van der Waals surface area (Å²) < 4.78 is 40.6. The summed E-state index contributed by atoms with van der Waals surface area (Å²) in [6.07, 6.45) is -1.08. The highest BCUT2D eigenvalue weighted by atomic mass is 19.4. The third-order valence-electron chi connectivity index (χ3n) is 5.79. The molecule has 1 unspecified atom stereocenters. The molecule has 170 valence electrons. The van der Waals surface area contributed by atoms with E-state index in [0.29, 0.717) is 18.2 Å². The van der Waals surface area contributed by atoms with E-state index in [9.17, 15) is 13.2 Å². The predicted octanol–water partition coefficient (Wildman–Crippen LogP) is 3.84. The van der Waals surface area contributed by atoms with Gasteiger partial charge in [-0.1, -0.05) is 18.2 Å². The van der Waals surface area contributed by atoms with E-state index in [0.717, 1.165) is 26.6 Å². The third-order valence-corrected chi connectivity index (χ3v) is 5.79. The molecule has 0 aliphatic carbocycles. The van der Waals surface area contributed by atoms with Gasteiger partial charge in [0.2, 0.25) is 5.82 Å². The van der Waals surface area contributed by atoms with Crippen LogP contribution < -0.4 is 16.0 Å². The Kier molecular flexibility index (Phi) is 5.03. The molecule has 1 atom stereocenters. The molecule has 3 N–H and O–H groups in total. The molecule has 1 aliphatic heterocycles. The molecular weight excluding hydrogens is 433 g/mol. The maximum absolute atomic E-state index is 13.1. The number of fused-ring (bicyclic) bond motifs is 2. The van der Waals surface area contributed by atoms with Crippen molar-refractivity contribution in [1.29, 1.82) is 0 Å². The van der Waals surface area contributed by atoms with Crippen LogP contribution in [0, 0.1) is 0 Å². The Morgan fingerprint density at radius 2 is 1.94 bits per heavy atom. The largest absolute Gasteiger partial charge is 0.451 e. The first-order chi connectivity index (χ1) is 15.8. The third kappa shape index (κ3) is 3.90. The van der Waals surface area contributed by atoms with Gasteiger partial charge in [0.1, 0.15) is 11.6 Å². The molecule has 8 nitrogen and oxygen atoms in total. The number of nitrogens with zero attached hydrogens (tertiary/aromatic N) is 6. The summed E-state index contributed by atoms with van der Waals surface area (Å²) in [5.41, 5.74) is 7.87. The fraction of sp³-hybridized carbons (Fsp3) is 0.273. The molecule has 1 aromatic carbocycles. The molecule has 33 heavy (non-hydrogen) atoms. The fourth-order valence-corrected chi connectivity index (χ4v) is 4.10. The van der Waals surface area contributed by atoms with Crippen molar-refractivity contribution in [3.63, 3.8) is 0 Å². The van der Waals surface area contributed by atoms with E-state index >= 15 is 0 Å². The van der Waals surface area contributed by atoms with E-state index in [1.807, 2.05) is 48.2 Å². The molecule has 0 spiro atoms. The van der Waals surface area contributed by atoms with Crippen LogP contribution in [0.1, 0.15) is 24.1 Å². The van der Waals surface area contributed by atoms with Crippen LogP contribution in [-0.4, -0.2) is 30.8 Å². The smallest absolute Gasteiger partial charge is 0.383 e. The number of nitrogens with one attached hydrogen (secondary N) is 1. The van der Waals surface area contributed by atoms with Crippen LogP contribution in [0.25, 0.3) is 10.8 Å². The van der Waals surface area contributed by atoms with Gasteiger partial charge in [0.15, 0.2) is 5.82 Å². The van der Waals surface area contributed by atoms with Crippen LogP contribution in [0.3, 0.4) is 0 Å². The Hall–Kier alpha value is -3.89. The molecule has 0 saturated carbocycles. The van der Waals surface area contributed by atoms with Crippen LogP contribution in [0.5, 0.6) is 0 Å². The number of rotatable bonds is 4. The standard InChI is InChI=1S/C22H21F3N8/c1-13-11-33-19(30-31-21(33)22(23,24)25)12-32(13)18-6-5-14(10-29-18)9-28-17-4-2-3-16-15(17)7-8-27-20(16)26/h2-8,10,13,28H,9,11-12H2,1H3,(H2,26,27). The van der Waals surface area contributed by atoms with Gasteiger partial charge in [-0.15, -0.1) is 10.2 Å².